The summed E-state index contributed by atoms with van der Waals surface area (Å²) in [6.07, 6.45) is -4.52. The zero-order valence-corrected chi connectivity index (χ0v) is 12.8. The summed E-state index contributed by atoms with van der Waals surface area (Å²) in [6, 6.07) is 9.34. The summed E-state index contributed by atoms with van der Waals surface area (Å²) in [4.78, 5) is 15.7. The van der Waals surface area contributed by atoms with E-state index in [2.05, 4.69) is 10.3 Å². The van der Waals surface area contributed by atoms with Gasteiger partial charge < -0.3 is 5.32 Å². The maximum Gasteiger partial charge on any atom is 0.433 e. The number of amides is 1. The van der Waals surface area contributed by atoms with Crippen LogP contribution in [0, 0.1) is 6.92 Å². The Morgan fingerprint density at radius 2 is 1.96 bits per heavy atom. The highest BCUT2D eigenvalue weighted by Crippen LogP contribution is 2.28. The average Bonchev–Trinajstić information content (AvgIpc) is 2.93. The molecule has 0 fully saturated rings. The largest absolute Gasteiger partial charge is 0.433 e. The molecule has 7 heteroatoms. The fraction of sp³-hybridized carbons (Fsp3) is 0.125. The number of carbonyl (C=O) groups excluding carboxylic acids is 1. The van der Waals surface area contributed by atoms with Crippen molar-refractivity contribution >= 4 is 33.0 Å². The number of hydrogen-bond donors (Lipinski definition) is 1. The Labute approximate surface area is 133 Å². The number of nitrogens with zero attached hydrogens (tertiary/aromatic N) is 1. The van der Waals surface area contributed by atoms with Gasteiger partial charge in [-0.15, -0.1) is 11.3 Å². The molecule has 1 N–H and O–H groups in total. The average molecular weight is 336 g/mol. The lowest BCUT2D eigenvalue weighted by atomic mass is 10.1. The van der Waals surface area contributed by atoms with Gasteiger partial charge in [0.1, 0.15) is 5.69 Å². The molecule has 0 aliphatic carbocycles. The normalized spacial score (nSPS) is 11.7. The molecular weight excluding hydrogens is 325 g/mol. The second-order valence-corrected chi connectivity index (χ2v) is 5.90. The number of thiophene rings is 1. The minimum Gasteiger partial charge on any atom is -0.322 e. The molecule has 0 saturated carbocycles. The quantitative estimate of drug-likeness (QED) is 0.725. The summed E-state index contributed by atoms with van der Waals surface area (Å²) in [5, 5.41) is 5.62. The number of benzene rings is 1. The van der Waals surface area contributed by atoms with Gasteiger partial charge in [-0.2, -0.15) is 13.2 Å². The van der Waals surface area contributed by atoms with Crippen LogP contribution in [-0.4, -0.2) is 10.9 Å². The van der Waals surface area contributed by atoms with Gasteiger partial charge in [-0.3, -0.25) is 4.79 Å². The van der Waals surface area contributed by atoms with E-state index in [0.29, 0.717) is 5.69 Å². The highest BCUT2D eigenvalue weighted by atomic mass is 32.1. The highest BCUT2D eigenvalue weighted by Gasteiger charge is 2.33. The molecule has 2 heterocycles. The molecule has 23 heavy (non-hydrogen) atoms. The van der Waals surface area contributed by atoms with Crippen LogP contribution in [0.2, 0.25) is 0 Å². The first-order chi connectivity index (χ1) is 10.8. The fourth-order valence-corrected chi connectivity index (χ4v) is 2.97. The number of aryl methyl sites for hydroxylation is 1. The molecule has 1 amide bonds. The van der Waals surface area contributed by atoms with Gasteiger partial charge in [0.05, 0.1) is 11.3 Å². The number of nitrogens with one attached hydrogen (secondary N) is 1. The minimum absolute atomic E-state index is 0.0361. The Kier molecular flexibility index (Phi) is 3.81. The number of hydrogen-bond acceptors (Lipinski definition) is 3. The number of halogens is 3. The number of pyridine rings is 1. The van der Waals surface area contributed by atoms with E-state index in [-0.39, 0.29) is 11.3 Å². The summed E-state index contributed by atoms with van der Waals surface area (Å²) in [7, 11) is 0. The van der Waals surface area contributed by atoms with Crippen LogP contribution in [-0.2, 0) is 6.18 Å². The predicted molar refractivity (Wildman–Crippen MR) is 83.8 cm³/mol. The lowest BCUT2D eigenvalue weighted by Gasteiger charge is -2.10. The maximum atomic E-state index is 12.6. The second kappa shape index (κ2) is 5.66. The van der Waals surface area contributed by atoms with Crippen molar-refractivity contribution in [2.24, 2.45) is 0 Å². The predicted octanol–water partition coefficient (Wildman–Crippen LogP) is 4.88. The number of rotatable bonds is 2. The van der Waals surface area contributed by atoms with Gasteiger partial charge in [0.25, 0.3) is 5.91 Å². The molecule has 0 atom stereocenters. The molecule has 0 radical (unpaired) electrons. The van der Waals surface area contributed by atoms with Gasteiger partial charge in [-0.1, -0.05) is 0 Å². The molecule has 0 aliphatic heterocycles. The Morgan fingerprint density at radius 1 is 1.17 bits per heavy atom. The van der Waals surface area contributed by atoms with E-state index in [1.807, 2.05) is 23.6 Å². The zero-order chi connectivity index (χ0) is 16.6. The number of anilines is 1. The Bertz CT molecular complexity index is 886. The van der Waals surface area contributed by atoms with E-state index in [0.717, 1.165) is 22.2 Å². The Morgan fingerprint density at radius 3 is 2.65 bits per heavy atom. The Balaban J connectivity index is 1.85. The number of fused-ring (bicyclic) bond motifs is 1. The van der Waals surface area contributed by atoms with Crippen molar-refractivity contribution in [1.82, 2.24) is 4.98 Å². The van der Waals surface area contributed by atoms with Crippen molar-refractivity contribution in [2.45, 2.75) is 13.1 Å². The van der Waals surface area contributed by atoms with Gasteiger partial charge in [-0.05, 0) is 54.1 Å². The van der Waals surface area contributed by atoms with E-state index in [9.17, 15) is 18.0 Å². The molecule has 0 spiro atoms. The van der Waals surface area contributed by atoms with Crippen LogP contribution in [0.15, 0.2) is 41.8 Å². The van der Waals surface area contributed by atoms with Crippen molar-refractivity contribution in [1.29, 1.82) is 0 Å². The fourth-order valence-electron chi connectivity index (χ4n) is 2.20. The third-order valence-corrected chi connectivity index (χ3v) is 4.23. The van der Waals surface area contributed by atoms with Crippen molar-refractivity contribution in [2.75, 3.05) is 5.32 Å². The first kappa shape index (κ1) is 15.5. The van der Waals surface area contributed by atoms with Gasteiger partial charge in [-0.25, -0.2) is 4.98 Å². The molecule has 0 saturated heterocycles. The van der Waals surface area contributed by atoms with Crippen molar-refractivity contribution in [3.8, 4) is 0 Å². The SMILES string of the molecule is Cc1nc(C(F)(F)F)ccc1C(=O)Nc1ccc2sccc2c1. The van der Waals surface area contributed by atoms with Gasteiger partial charge in [0.15, 0.2) is 0 Å². The van der Waals surface area contributed by atoms with Crippen LogP contribution >= 0.6 is 11.3 Å². The first-order valence-corrected chi connectivity index (χ1v) is 7.56. The van der Waals surface area contributed by atoms with E-state index in [1.165, 1.54) is 6.92 Å². The van der Waals surface area contributed by atoms with Crippen molar-refractivity contribution in [3.63, 3.8) is 0 Å². The molecule has 1 aromatic carbocycles. The summed E-state index contributed by atoms with van der Waals surface area (Å²) in [5.41, 5.74) is -0.274. The Hall–Kier alpha value is -2.41. The van der Waals surface area contributed by atoms with Crippen molar-refractivity contribution < 1.29 is 18.0 Å². The third-order valence-electron chi connectivity index (χ3n) is 3.33. The van der Waals surface area contributed by atoms with Crippen LogP contribution in [0.5, 0.6) is 0 Å². The zero-order valence-electron chi connectivity index (χ0n) is 11.9. The minimum atomic E-state index is -4.52. The van der Waals surface area contributed by atoms with Gasteiger partial charge in [0, 0.05) is 10.4 Å². The highest BCUT2D eigenvalue weighted by molar-refractivity contribution is 7.17. The van der Waals surface area contributed by atoms with Crippen LogP contribution < -0.4 is 5.32 Å². The summed E-state index contributed by atoms with van der Waals surface area (Å²) < 4.78 is 38.9. The number of alkyl halides is 3. The van der Waals surface area contributed by atoms with Crippen LogP contribution in [0.4, 0.5) is 18.9 Å². The standard InChI is InChI=1S/C16H11F3N2OS/c1-9-12(3-5-14(20-9)16(17,18)19)15(22)21-11-2-4-13-10(8-11)6-7-23-13/h2-8H,1H3,(H,21,22). The van der Waals surface area contributed by atoms with E-state index in [1.54, 1.807) is 17.4 Å². The molecule has 2 aromatic heterocycles. The monoisotopic (exact) mass is 336 g/mol. The summed E-state index contributed by atoms with van der Waals surface area (Å²) in [5.74, 6) is -0.488. The number of carbonyl (C=O) groups is 1. The van der Waals surface area contributed by atoms with E-state index in [4.69, 9.17) is 0 Å². The summed E-state index contributed by atoms with van der Waals surface area (Å²) >= 11 is 1.59. The lowest BCUT2D eigenvalue weighted by molar-refractivity contribution is -0.141. The lowest BCUT2D eigenvalue weighted by Crippen LogP contribution is -2.16. The molecule has 3 rings (SSSR count). The number of aromatic nitrogens is 1. The topological polar surface area (TPSA) is 42.0 Å². The second-order valence-electron chi connectivity index (χ2n) is 4.95. The molecule has 0 bridgehead atoms. The maximum absolute atomic E-state index is 12.6. The van der Waals surface area contributed by atoms with Crippen LogP contribution in [0.3, 0.4) is 0 Å². The van der Waals surface area contributed by atoms with Crippen LogP contribution in [0.1, 0.15) is 21.7 Å². The van der Waals surface area contributed by atoms with Gasteiger partial charge >= 0.3 is 6.18 Å². The van der Waals surface area contributed by atoms with Crippen molar-refractivity contribution in [3.05, 3.63) is 58.7 Å². The van der Waals surface area contributed by atoms with Crippen LogP contribution in [0.25, 0.3) is 10.1 Å². The third kappa shape index (κ3) is 3.19. The molecule has 3 aromatic rings. The summed E-state index contributed by atoms with van der Waals surface area (Å²) in [6.45, 7) is 1.38. The molecule has 118 valence electrons. The molecule has 0 aliphatic rings. The van der Waals surface area contributed by atoms with E-state index < -0.39 is 17.8 Å². The molecular formula is C16H11F3N2OS. The smallest absolute Gasteiger partial charge is 0.322 e. The van der Waals surface area contributed by atoms with E-state index >= 15 is 0 Å². The molecule has 0 unspecified atom stereocenters. The first-order valence-electron chi connectivity index (χ1n) is 6.68. The molecule has 3 nitrogen and oxygen atoms in total. The van der Waals surface area contributed by atoms with Gasteiger partial charge in [0.2, 0.25) is 0 Å².